The molecule has 0 fully saturated rings. The molecule has 0 aliphatic carbocycles. The van der Waals surface area contributed by atoms with Crippen molar-refractivity contribution in [3.63, 3.8) is 0 Å². The van der Waals surface area contributed by atoms with Gasteiger partial charge in [-0.25, -0.2) is 0 Å². The normalized spacial score (nSPS) is 11.2. The Morgan fingerprint density at radius 2 is 2.00 bits per heavy atom. The highest BCUT2D eigenvalue weighted by molar-refractivity contribution is 9.10. The lowest BCUT2D eigenvalue weighted by Crippen LogP contribution is -2.26. The number of rotatable bonds is 2. The maximum Gasteiger partial charge on any atom is 0.105 e. The lowest BCUT2D eigenvalue weighted by Gasteiger charge is -2.22. The van der Waals surface area contributed by atoms with Gasteiger partial charge in [0.25, 0.3) is 0 Å². The van der Waals surface area contributed by atoms with Crippen LogP contribution in [0.2, 0.25) is 0 Å². The van der Waals surface area contributed by atoms with E-state index in [1.54, 1.807) is 0 Å². The molecule has 0 spiro atoms. The first-order valence-electron chi connectivity index (χ1n) is 4.67. The predicted molar refractivity (Wildman–Crippen MR) is 73.4 cm³/mol. The minimum Gasteiger partial charge on any atom is -0.389 e. The third-order valence-corrected chi connectivity index (χ3v) is 2.63. The van der Waals surface area contributed by atoms with Crippen LogP contribution in [0.15, 0.2) is 22.7 Å². The Morgan fingerprint density at radius 3 is 2.40 bits per heavy atom. The topological polar surface area (TPSA) is 38.0 Å². The van der Waals surface area contributed by atoms with Crippen molar-refractivity contribution in [1.29, 1.82) is 0 Å². The fourth-order valence-corrected chi connectivity index (χ4v) is 2.13. The van der Waals surface area contributed by atoms with E-state index in [1.807, 2.05) is 18.2 Å². The predicted octanol–water partition coefficient (Wildman–Crippen LogP) is 3.29. The number of nitrogens with two attached hydrogens (primary N) is 1. The van der Waals surface area contributed by atoms with Crippen LogP contribution in [0.3, 0.4) is 0 Å². The molecule has 0 heterocycles. The standard InChI is InChI=1S/C11H15BrN2S/c1-11(2,3)14-7-4-5-8(10(13)15)9(12)6-7/h4-6,14H,1-3H3,(H2,13,15). The third kappa shape index (κ3) is 3.80. The Labute approximate surface area is 104 Å². The van der Waals surface area contributed by atoms with Crippen molar-refractivity contribution in [3.05, 3.63) is 28.2 Å². The molecule has 0 atom stereocenters. The summed E-state index contributed by atoms with van der Waals surface area (Å²) in [5, 5.41) is 3.37. The monoisotopic (exact) mass is 286 g/mol. The van der Waals surface area contributed by atoms with Gasteiger partial charge in [-0.1, -0.05) is 12.2 Å². The summed E-state index contributed by atoms with van der Waals surface area (Å²) in [7, 11) is 0. The third-order valence-electron chi connectivity index (χ3n) is 1.75. The lowest BCUT2D eigenvalue weighted by atomic mass is 10.1. The molecule has 1 rings (SSSR count). The van der Waals surface area contributed by atoms with E-state index in [0.717, 1.165) is 15.7 Å². The smallest absolute Gasteiger partial charge is 0.105 e. The van der Waals surface area contributed by atoms with Gasteiger partial charge in [-0.05, 0) is 54.9 Å². The summed E-state index contributed by atoms with van der Waals surface area (Å²) in [5.41, 5.74) is 7.53. The molecule has 0 unspecified atom stereocenters. The molecule has 1 aromatic carbocycles. The molecule has 0 saturated heterocycles. The zero-order valence-electron chi connectivity index (χ0n) is 9.10. The fraction of sp³-hybridized carbons (Fsp3) is 0.364. The first kappa shape index (κ1) is 12.5. The fourth-order valence-electron chi connectivity index (χ4n) is 1.23. The van der Waals surface area contributed by atoms with Crippen LogP contribution in [0.25, 0.3) is 0 Å². The Hall–Kier alpha value is -0.610. The molecule has 0 aliphatic rings. The van der Waals surface area contributed by atoms with Crippen LogP contribution in [0, 0.1) is 0 Å². The molecule has 15 heavy (non-hydrogen) atoms. The second-order valence-corrected chi connectivity index (χ2v) is 5.73. The summed E-state index contributed by atoms with van der Waals surface area (Å²) in [6.07, 6.45) is 0. The van der Waals surface area contributed by atoms with Crippen molar-refractivity contribution >= 4 is 38.8 Å². The molecule has 0 aromatic heterocycles. The molecule has 3 N–H and O–H groups in total. The highest BCUT2D eigenvalue weighted by Crippen LogP contribution is 2.23. The first-order chi connectivity index (χ1) is 6.79. The zero-order chi connectivity index (χ0) is 11.6. The maximum absolute atomic E-state index is 5.57. The number of benzene rings is 1. The Bertz CT molecular complexity index is 383. The summed E-state index contributed by atoms with van der Waals surface area (Å²) in [4.78, 5) is 0.407. The van der Waals surface area contributed by atoms with E-state index >= 15 is 0 Å². The van der Waals surface area contributed by atoms with Crippen LogP contribution in [-0.4, -0.2) is 10.5 Å². The van der Waals surface area contributed by atoms with Gasteiger partial charge in [0, 0.05) is 21.3 Å². The summed E-state index contributed by atoms with van der Waals surface area (Å²) >= 11 is 8.38. The van der Waals surface area contributed by atoms with Gasteiger partial charge in [0.2, 0.25) is 0 Å². The number of anilines is 1. The first-order valence-corrected chi connectivity index (χ1v) is 5.87. The van der Waals surface area contributed by atoms with Crippen LogP contribution in [0.1, 0.15) is 26.3 Å². The lowest BCUT2D eigenvalue weighted by molar-refractivity contribution is 0.634. The van der Waals surface area contributed by atoms with E-state index in [4.69, 9.17) is 18.0 Å². The van der Waals surface area contributed by atoms with Crippen LogP contribution < -0.4 is 11.1 Å². The molecule has 1 aromatic rings. The van der Waals surface area contributed by atoms with Crippen molar-refractivity contribution in [2.24, 2.45) is 5.73 Å². The molecule has 0 aliphatic heterocycles. The van der Waals surface area contributed by atoms with Gasteiger partial charge in [-0.2, -0.15) is 0 Å². The Kier molecular flexibility index (Phi) is 3.73. The average Bonchev–Trinajstić information content (AvgIpc) is 1.99. The quantitative estimate of drug-likeness (QED) is 0.820. The zero-order valence-corrected chi connectivity index (χ0v) is 11.5. The number of hydrogen-bond acceptors (Lipinski definition) is 2. The minimum absolute atomic E-state index is 0.0458. The van der Waals surface area contributed by atoms with Gasteiger partial charge in [-0.15, -0.1) is 0 Å². The Morgan fingerprint density at radius 1 is 1.40 bits per heavy atom. The van der Waals surface area contributed by atoms with E-state index in [1.165, 1.54) is 0 Å². The van der Waals surface area contributed by atoms with Crippen LogP contribution in [-0.2, 0) is 0 Å². The summed E-state index contributed by atoms with van der Waals surface area (Å²) in [6.45, 7) is 6.34. The van der Waals surface area contributed by atoms with Gasteiger partial charge in [0.15, 0.2) is 0 Å². The molecule has 82 valence electrons. The molecule has 0 bridgehead atoms. The molecule has 0 saturated carbocycles. The Balaban J connectivity index is 2.97. The van der Waals surface area contributed by atoms with Gasteiger partial charge in [0.1, 0.15) is 4.99 Å². The highest BCUT2D eigenvalue weighted by atomic mass is 79.9. The average molecular weight is 287 g/mol. The van der Waals surface area contributed by atoms with E-state index in [-0.39, 0.29) is 5.54 Å². The van der Waals surface area contributed by atoms with Crippen LogP contribution >= 0.6 is 28.1 Å². The molecule has 2 nitrogen and oxygen atoms in total. The summed E-state index contributed by atoms with van der Waals surface area (Å²) in [6, 6.07) is 5.88. The summed E-state index contributed by atoms with van der Waals surface area (Å²) in [5.74, 6) is 0. The molecule has 0 amide bonds. The van der Waals surface area contributed by atoms with Crippen molar-refractivity contribution in [3.8, 4) is 0 Å². The van der Waals surface area contributed by atoms with Crippen molar-refractivity contribution in [2.75, 3.05) is 5.32 Å². The second-order valence-electron chi connectivity index (χ2n) is 4.43. The maximum atomic E-state index is 5.57. The van der Waals surface area contributed by atoms with E-state index in [0.29, 0.717) is 4.99 Å². The number of halogens is 1. The van der Waals surface area contributed by atoms with Crippen LogP contribution in [0.4, 0.5) is 5.69 Å². The molecule has 4 heteroatoms. The molecular formula is C11H15BrN2S. The number of nitrogens with one attached hydrogen (secondary N) is 1. The largest absolute Gasteiger partial charge is 0.389 e. The van der Waals surface area contributed by atoms with Crippen molar-refractivity contribution in [2.45, 2.75) is 26.3 Å². The SMILES string of the molecule is CC(C)(C)Nc1ccc(C(N)=S)c(Br)c1. The van der Waals surface area contributed by atoms with E-state index in [9.17, 15) is 0 Å². The van der Waals surface area contributed by atoms with E-state index in [2.05, 4.69) is 42.0 Å². The second kappa shape index (κ2) is 4.49. The van der Waals surface area contributed by atoms with E-state index < -0.39 is 0 Å². The summed E-state index contributed by atoms with van der Waals surface area (Å²) < 4.78 is 0.921. The highest BCUT2D eigenvalue weighted by Gasteiger charge is 2.10. The van der Waals surface area contributed by atoms with Gasteiger partial charge >= 0.3 is 0 Å². The van der Waals surface area contributed by atoms with Crippen molar-refractivity contribution < 1.29 is 0 Å². The number of thiocarbonyl (C=S) groups is 1. The minimum atomic E-state index is 0.0458. The van der Waals surface area contributed by atoms with Gasteiger partial charge < -0.3 is 11.1 Å². The molecule has 0 radical (unpaired) electrons. The van der Waals surface area contributed by atoms with Gasteiger partial charge in [0.05, 0.1) is 0 Å². The van der Waals surface area contributed by atoms with Crippen LogP contribution in [0.5, 0.6) is 0 Å². The molecular weight excluding hydrogens is 272 g/mol. The van der Waals surface area contributed by atoms with Gasteiger partial charge in [-0.3, -0.25) is 0 Å². The van der Waals surface area contributed by atoms with Crippen molar-refractivity contribution in [1.82, 2.24) is 0 Å². The number of hydrogen-bond donors (Lipinski definition) is 2.